The van der Waals surface area contributed by atoms with E-state index in [0.717, 1.165) is 33.6 Å². The third-order valence-electron chi connectivity index (χ3n) is 11.9. The van der Waals surface area contributed by atoms with Crippen LogP contribution in [0, 0.1) is 0 Å². The molecule has 0 bridgehead atoms. The standard InChI is InChI=1S/C56H37N/c1-2-19-46(20-3-1)56(52-26-10-8-23-50(52)51-24-9-11-27-53(51)56)47-21-12-18-43(35-47)45-36-54(57-55(37-45)44-33-28-38-14-4-5-16-42(38)34-44)41-31-29-40(30-32-41)49-25-13-17-39-15-6-7-22-48(39)49/h1-37H. The normalized spacial score (nSPS) is 12.7. The van der Waals surface area contributed by atoms with E-state index in [4.69, 9.17) is 4.98 Å². The topological polar surface area (TPSA) is 12.9 Å². The molecule has 1 heteroatoms. The molecule has 0 N–H and O–H groups in total. The van der Waals surface area contributed by atoms with Gasteiger partial charge in [-0.15, -0.1) is 0 Å². The van der Waals surface area contributed by atoms with Crippen molar-refractivity contribution < 1.29 is 0 Å². The van der Waals surface area contributed by atoms with Crippen LogP contribution >= 0.6 is 0 Å². The summed E-state index contributed by atoms with van der Waals surface area (Å²) in [6.07, 6.45) is 0. The molecule has 0 atom stereocenters. The molecule has 0 saturated heterocycles. The van der Waals surface area contributed by atoms with E-state index in [1.807, 2.05) is 0 Å². The Labute approximate surface area is 333 Å². The molecule has 1 heterocycles. The minimum absolute atomic E-state index is 0.473. The Kier molecular flexibility index (Phi) is 7.79. The van der Waals surface area contributed by atoms with Crippen LogP contribution in [-0.4, -0.2) is 4.98 Å². The molecule has 0 fully saturated rings. The van der Waals surface area contributed by atoms with E-state index in [2.05, 4.69) is 224 Å². The smallest absolute Gasteiger partial charge is 0.0715 e. The zero-order valence-electron chi connectivity index (χ0n) is 31.3. The number of hydrogen-bond donors (Lipinski definition) is 0. The molecule has 0 aliphatic heterocycles. The van der Waals surface area contributed by atoms with Crippen molar-refractivity contribution in [2.75, 3.05) is 0 Å². The lowest BCUT2D eigenvalue weighted by molar-refractivity contribution is 0.769. The van der Waals surface area contributed by atoms with Crippen molar-refractivity contribution >= 4 is 21.5 Å². The first kappa shape index (κ1) is 33.0. The number of benzene rings is 9. The van der Waals surface area contributed by atoms with E-state index in [9.17, 15) is 0 Å². The van der Waals surface area contributed by atoms with Gasteiger partial charge in [-0.1, -0.05) is 200 Å². The number of pyridine rings is 1. The van der Waals surface area contributed by atoms with Crippen LogP contribution in [0.2, 0.25) is 0 Å². The van der Waals surface area contributed by atoms with Crippen LogP contribution in [0.15, 0.2) is 224 Å². The largest absolute Gasteiger partial charge is 0.248 e. The molecule has 1 aliphatic rings. The first-order valence-electron chi connectivity index (χ1n) is 19.7. The molecular formula is C56H37N. The Morgan fingerprint density at radius 3 is 1.60 bits per heavy atom. The molecule has 1 aromatic heterocycles. The van der Waals surface area contributed by atoms with Crippen molar-refractivity contribution in [2.45, 2.75) is 5.41 Å². The second-order valence-electron chi connectivity index (χ2n) is 15.1. The number of nitrogens with zero attached hydrogens (tertiary/aromatic N) is 1. The highest BCUT2D eigenvalue weighted by Gasteiger charge is 2.45. The van der Waals surface area contributed by atoms with E-state index < -0.39 is 5.41 Å². The van der Waals surface area contributed by atoms with E-state index in [1.165, 1.54) is 66.1 Å². The maximum absolute atomic E-state index is 5.38. The number of fused-ring (bicyclic) bond motifs is 5. The van der Waals surface area contributed by atoms with Crippen LogP contribution in [-0.2, 0) is 5.41 Å². The lowest BCUT2D eigenvalue weighted by atomic mass is 9.67. The van der Waals surface area contributed by atoms with Crippen molar-refractivity contribution in [3.05, 3.63) is 247 Å². The average molecular weight is 724 g/mol. The monoisotopic (exact) mass is 723 g/mol. The first-order valence-corrected chi connectivity index (χ1v) is 19.7. The van der Waals surface area contributed by atoms with Gasteiger partial charge >= 0.3 is 0 Å². The van der Waals surface area contributed by atoms with Crippen LogP contribution in [0.25, 0.3) is 77.4 Å². The molecule has 0 amide bonds. The van der Waals surface area contributed by atoms with Crippen molar-refractivity contribution in [1.82, 2.24) is 4.98 Å². The summed E-state index contributed by atoms with van der Waals surface area (Å²) >= 11 is 0. The van der Waals surface area contributed by atoms with Gasteiger partial charge in [-0.05, 0) is 101 Å². The Morgan fingerprint density at radius 2 is 0.825 bits per heavy atom. The molecule has 10 aromatic rings. The van der Waals surface area contributed by atoms with Crippen molar-refractivity contribution in [3.8, 4) is 55.9 Å². The zero-order valence-corrected chi connectivity index (χ0v) is 31.3. The van der Waals surface area contributed by atoms with Gasteiger partial charge in [-0.25, -0.2) is 4.98 Å². The van der Waals surface area contributed by atoms with E-state index in [0.29, 0.717) is 0 Å². The number of rotatable bonds is 6. The molecule has 0 saturated carbocycles. The third kappa shape index (κ3) is 5.43. The quantitative estimate of drug-likeness (QED) is 0.166. The highest BCUT2D eigenvalue weighted by atomic mass is 14.7. The lowest BCUT2D eigenvalue weighted by Crippen LogP contribution is -2.28. The summed E-state index contributed by atoms with van der Waals surface area (Å²) in [7, 11) is 0. The predicted molar refractivity (Wildman–Crippen MR) is 238 cm³/mol. The van der Waals surface area contributed by atoms with Crippen LogP contribution in [0.3, 0.4) is 0 Å². The van der Waals surface area contributed by atoms with Gasteiger partial charge in [0.05, 0.1) is 16.8 Å². The average Bonchev–Trinajstić information content (AvgIpc) is 3.60. The Morgan fingerprint density at radius 1 is 0.281 bits per heavy atom. The summed E-state index contributed by atoms with van der Waals surface area (Å²) in [5.74, 6) is 0. The van der Waals surface area contributed by atoms with Gasteiger partial charge in [0.1, 0.15) is 0 Å². The van der Waals surface area contributed by atoms with Crippen molar-refractivity contribution in [1.29, 1.82) is 0 Å². The van der Waals surface area contributed by atoms with Gasteiger partial charge in [0.15, 0.2) is 0 Å². The Balaban J connectivity index is 1.10. The summed E-state index contributed by atoms with van der Waals surface area (Å²) in [6, 6.07) is 81.9. The van der Waals surface area contributed by atoms with Gasteiger partial charge in [-0.3, -0.25) is 0 Å². The molecule has 11 rings (SSSR count). The highest BCUT2D eigenvalue weighted by molar-refractivity contribution is 5.97. The second kappa shape index (κ2) is 13.4. The minimum Gasteiger partial charge on any atom is -0.248 e. The van der Waals surface area contributed by atoms with E-state index >= 15 is 0 Å². The molecule has 0 unspecified atom stereocenters. The van der Waals surface area contributed by atoms with Gasteiger partial charge in [0, 0.05) is 11.1 Å². The summed E-state index contributed by atoms with van der Waals surface area (Å²) in [6.45, 7) is 0. The van der Waals surface area contributed by atoms with Gasteiger partial charge in [0.2, 0.25) is 0 Å². The van der Waals surface area contributed by atoms with Crippen LogP contribution in [0.1, 0.15) is 22.3 Å². The number of aromatic nitrogens is 1. The predicted octanol–water partition coefficient (Wildman–Crippen LogP) is 14.4. The summed E-state index contributed by atoms with van der Waals surface area (Å²) in [5.41, 5.74) is 16.0. The summed E-state index contributed by atoms with van der Waals surface area (Å²) in [5, 5.41) is 4.92. The SMILES string of the molecule is c1ccc(C2(c3cccc(-c4cc(-c5ccc(-c6cccc7ccccc67)cc5)nc(-c5ccc6ccccc6c5)c4)c3)c3ccccc3-c3ccccc32)cc1. The van der Waals surface area contributed by atoms with Crippen LogP contribution in [0.5, 0.6) is 0 Å². The number of hydrogen-bond acceptors (Lipinski definition) is 1. The highest BCUT2D eigenvalue weighted by Crippen LogP contribution is 2.56. The molecule has 9 aromatic carbocycles. The molecule has 266 valence electrons. The fourth-order valence-corrected chi connectivity index (χ4v) is 9.28. The van der Waals surface area contributed by atoms with Crippen molar-refractivity contribution in [3.63, 3.8) is 0 Å². The van der Waals surface area contributed by atoms with Gasteiger partial charge in [0.25, 0.3) is 0 Å². The van der Waals surface area contributed by atoms with Crippen LogP contribution < -0.4 is 0 Å². The molecular weight excluding hydrogens is 687 g/mol. The maximum Gasteiger partial charge on any atom is 0.0715 e. The minimum atomic E-state index is -0.473. The van der Waals surface area contributed by atoms with E-state index in [-0.39, 0.29) is 0 Å². The molecule has 0 spiro atoms. The zero-order chi connectivity index (χ0) is 37.8. The molecule has 1 nitrogen and oxygen atoms in total. The molecule has 57 heavy (non-hydrogen) atoms. The van der Waals surface area contributed by atoms with Crippen molar-refractivity contribution in [2.24, 2.45) is 0 Å². The van der Waals surface area contributed by atoms with E-state index in [1.54, 1.807) is 0 Å². The van der Waals surface area contributed by atoms with Gasteiger partial charge in [-0.2, -0.15) is 0 Å². The lowest BCUT2D eigenvalue weighted by Gasteiger charge is -2.34. The molecule has 0 radical (unpaired) electrons. The Hall–Kier alpha value is -7.35. The fourth-order valence-electron chi connectivity index (χ4n) is 9.28. The third-order valence-corrected chi connectivity index (χ3v) is 11.9. The van der Waals surface area contributed by atoms with Crippen LogP contribution in [0.4, 0.5) is 0 Å². The maximum atomic E-state index is 5.38. The second-order valence-corrected chi connectivity index (χ2v) is 15.1. The first-order chi connectivity index (χ1) is 28.2. The summed E-state index contributed by atoms with van der Waals surface area (Å²) in [4.78, 5) is 5.38. The van der Waals surface area contributed by atoms with Gasteiger partial charge < -0.3 is 0 Å². The fraction of sp³-hybridized carbons (Fsp3) is 0.0179. The molecule has 1 aliphatic carbocycles. The summed E-state index contributed by atoms with van der Waals surface area (Å²) < 4.78 is 0. The Bertz CT molecular complexity index is 3070.